The van der Waals surface area contributed by atoms with Crippen LogP contribution in [0.15, 0.2) is 56.8 Å². The van der Waals surface area contributed by atoms with Gasteiger partial charge in [0.05, 0.1) is 33.9 Å². The van der Waals surface area contributed by atoms with Crippen molar-refractivity contribution in [1.82, 2.24) is 19.8 Å². The molecule has 4 rings (SSSR count). The summed E-state index contributed by atoms with van der Waals surface area (Å²) < 4.78 is 1.74. The summed E-state index contributed by atoms with van der Waals surface area (Å²) in [5.41, 5.74) is 3.74. The van der Waals surface area contributed by atoms with Gasteiger partial charge in [0, 0.05) is 34.4 Å². The number of rotatable bonds is 30. The topological polar surface area (TPSA) is 66.4 Å². The van der Waals surface area contributed by atoms with Gasteiger partial charge in [0.1, 0.15) is 0 Å². The highest BCUT2D eigenvalue weighted by Crippen LogP contribution is 2.47. The lowest BCUT2D eigenvalue weighted by molar-refractivity contribution is -0.124. The molecule has 2 aliphatic rings. The summed E-state index contributed by atoms with van der Waals surface area (Å²) >= 11 is 7.15. The van der Waals surface area contributed by atoms with Crippen LogP contribution in [0.25, 0.3) is 11.4 Å². The van der Waals surface area contributed by atoms with Crippen LogP contribution in [0.4, 0.5) is 0 Å². The molecule has 0 saturated carbocycles. The first-order valence-corrected chi connectivity index (χ1v) is 24.3. The van der Waals surface area contributed by atoms with Crippen LogP contribution in [0.2, 0.25) is 0 Å². The Kier molecular flexibility index (Phi) is 21.5. The number of carbonyl (C=O) groups excluding carboxylic acids is 2. The molecule has 8 heteroatoms. The maximum absolute atomic E-state index is 15.1. The van der Waals surface area contributed by atoms with E-state index in [1.165, 1.54) is 128 Å². The van der Waals surface area contributed by atoms with Crippen molar-refractivity contribution in [3.05, 3.63) is 68.1 Å². The van der Waals surface area contributed by atoms with Gasteiger partial charge in [-0.2, -0.15) is 0 Å². The standard InChI is InChI=1S/C48H72Br2N4O2/c1-5-9-13-17-19-23-27-37(25-21-15-11-7-3)35-53-45(41-31-29-39(49)33-51-41)43-44(47(53)55)46(42-32-30-40(50)34-52-42)54(48(43)56)36-38(26-22-16-12-8-4)28-24-20-18-14-10-6-2/h29-34,37-38H,5-28,35-36H2,1-4H3. The minimum Gasteiger partial charge on any atom is -0.305 e. The smallest absolute Gasteiger partial charge is 0.261 e. The molecule has 0 aromatic carbocycles. The van der Waals surface area contributed by atoms with Crippen molar-refractivity contribution in [1.29, 1.82) is 0 Å². The average molecular weight is 897 g/mol. The Morgan fingerprint density at radius 1 is 0.464 bits per heavy atom. The van der Waals surface area contributed by atoms with E-state index in [0.717, 1.165) is 34.6 Å². The van der Waals surface area contributed by atoms with E-state index in [4.69, 9.17) is 9.97 Å². The van der Waals surface area contributed by atoms with Gasteiger partial charge < -0.3 is 9.80 Å². The summed E-state index contributed by atoms with van der Waals surface area (Å²) in [5, 5.41) is 0. The molecule has 2 aliphatic heterocycles. The summed E-state index contributed by atoms with van der Waals surface area (Å²) in [6, 6.07) is 7.87. The van der Waals surface area contributed by atoms with Gasteiger partial charge in [-0.15, -0.1) is 0 Å². The van der Waals surface area contributed by atoms with Crippen LogP contribution in [0.3, 0.4) is 0 Å². The lowest BCUT2D eigenvalue weighted by atomic mass is 9.93. The molecule has 6 nitrogen and oxygen atoms in total. The Morgan fingerprint density at radius 2 is 0.768 bits per heavy atom. The van der Waals surface area contributed by atoms with Crippen molar-refractivity contribution < 1.29 is 9.59 Å². The number of hydrogen-bond donors (Lipinski definition) is 0. The molecule has 0 aliphatic carbocycles. The Labute approximate surface area is 357 Å². The second-order valence-corrected chi connectivity index (χ2v) is 18.4. The van der Waals surface area contributed by atoms with Gasteiger partial charge in [-0.05, 0) is 93.6 Å². The molecule has 0 bridgehead atoms. The van der Waals surface area contributed by atoms with Gasteiger partial charge in [0.15, 0.2) is 0 Å². The fourth-order valence-corrected chi connectivity index (χ4v) is 9.09. The molecule has 2 aromatic rings. The third kappa shape index (κ3) is 13.9. The van der Waals surface area contributed by atoms with E-state index in [-0.39, 0.29) is 11.8 Å². The molecular formula is C48H72Br2N4O2. The summed E-state index contributed by atoms with van der Waals surface area (Å²) in [6.45, 7) is 10.3. The Morgan fingerprint density at radius 3 is 1.07 bits per heavy atom. The van der Waals surface area contributed by atoms with Crippen molar-refractivity contribution >= 4 is 55.1 Å². The number of hydrogen-bond acceptors (Lipinski definition) is 4. The largest absolute Gasteiger partial charge is 0.305 e. The maximum atomic E-state index is 15.1. The number of nitrogens with zero attached hydrogens (tertiary/aromatic N) is 4. The van der Waals surface area contributed by atoms with Crippen LogP contribution in [0.1, 0.15) is 193 Å². The van der Waals surface area contributed by atoms with Crippen LogP contribution < -0.4 is 0 Å². The van der Waals surface area contributed by atoms with Crippen molar-refractivity contribution in [3.63, 3.8) is 0 Å². The Balaban J connectivity index is 1.73. The maximum Gasteiger partial charge on any atom is 0.261 e. The van der Waals surface area contributed by atoms with Crippen LogP contribution in [0.5, 0.6) is 0 Å². The quantitative estimate of drug-likeness (QED) is 0.0733. The molecule has 2 unspecified atom stereocenters. The number of amides is 2. The van der Waals surface area contributed by atoms with E-state index < -0.39 is 0 Å². The minimum absolute atomic E-state index is 0.0767. The van der Waals surface area contributed by atoms with E-state index in [0.29, 0.717) is 58.9 Å². The summed E-state index contributed by atoms with van der Waals surface area (Å²) in [5.74, 6) is 0.565. The first kappa shape index (κ1) is 46.4. The number of aromatic nitrogens is 2. The molecule has 2 amide bonds. The van der Waals surface area contributed by atoms with Crippen molar-refractivity contribution in [2.75, 3.05) is 13.1 Å². The summed E-state index contributed by atoms with van der Waals surface area (Å²) in [7, 11) is 0. The molecule has 0 spiro atoms. The monoisotopic (exact) mass is 894 g/mol. The zero-order chi connectivity index (χ0) is 40.1. The third-order valence-corrected chi connectivity index (χ3v) is 12.8. The second-order valence-electron chi connectivity index (χ2n) is 16.5. The van der Waals surface area contributed by atoms with Crippen LogP contribution in [-0.4, -0.2) is 44.7 Å². The first-order valence-electron chi connectivity index (χ1n) is 22.7. The molecule has 2 atom stereocenters. The van der Waals surface area contributed by atoms with Crippen LogP contribution >= 0.6 is 31.9 Å². The average Bonchev–Trinajstić information content (AvgIpc) is 3.64. The molecule has 0 saturated heterocycles. The molecular weight excluding hydrogens is 824 g/mol. The Bertz CT molecular complexity index is 1420. The highest BCUT2D eigenvalue weighted by molar-refractivity contribution is 9.10. The van der Waals surface area contributed by atoms with Gasteiger partial charge in [0.2, 0.25) is 0 Å². The SMILES string of the molecule is CCCCCCCCC(CCCCCC)CN1C(=O)C2=C(c3ccc(Br)cn3)N(CC(CCCCCC)CCCCCCCC)C(=O)C2=C1c1ccc(Br)cn1. The molecule has 56 heavy (non-hydrogen) atoms. The van der Waals surface area contributed by atoms with Gasteiger partial charge in [-0.1, -0.05) is 156 Å². The highest BCUT2D eigenvalue weighted by atomic mass is 79.9. The molecule has 0 fully saturated rings. The van der Waals surface area contributed by atoms with E-state index in [1.54, 1.807) is 12.4 Å². The number of unbranched alkanes of at least 4 members (excludes halogenated alkanes) is 16. The second kappa shape index (κ2) is 25.9. The van der Waals surface area contributed by atoms with Crippen molar-refractivity contribution in [3.8, 4) is 0 Å². The van der Waals surface area contributed by atoms with Crippen molar-refractivity contribution in [2.24, 2.45) is 11.8 Å². The van der Waals surface area contributed by atoms with E-state index in [2.05, 4.69) is 59.6 Å². The zero-order valence-electron chi connectivity index (χ0n) is 35.4. The number of fused-ring (bicyclic) bond motifs is 1. The van der Waals surface area contributed by atoms with Gasteiger partial charge in [0.25, 0.3) is 11.8 Å². The van der Waals surface area contributed by atoms with Crippen molar-refractivity contribution in [2.45, 2.75) is 182 Å². The summed E-state index contributed by atoms with van der Waals surface area (Å²) in [6.07, 6.45) is 32.7. The zero-order valence-corrected chi connectivity index (χ0v) is 38.5. The fourth-order valence-electron chi connectivity index (χ4n) is 8.63. The molecule has 2 aromatic heterocycles. The first-order chi connectivity index (χ1) is 27.3. The van der Waals surface area contributed by atoms with Gasteiger partial charge in [-0.3, -0.25) is 19.6 Å². The number of pyridine rings is 2. The molecule has 0 radical (unpaired) electrons. The number of carbonyl (C=O) groups is 2. The van der Waals surface area contributed by atoms with E-state index in [9.17, 15) is 0 Å². The van der Waals surface area contributed by atoms with Gasteiger partial charge in [-0.25, -0.2) is 0 Å². The lowest BCUT2D eigenvalue weighted by Crippen LogP contribution is -2.35. The molecule has 310 valence electrons. The third-order valence-electron chi connectivity index (χ3n) is 11.9. The lowest BCUT2D eigenvalue weighted by Gasteiger charge is -2.29. The van der Waals surface area contributed by atoms with E-state index >= 15 is 9.59 Å². The predicted octanol–water partition coefficient (Wildman–Crippen LogP) is 14.5. The number of halogens is 2. The minimum atomic E-state index is -0.0767. The Hall–Kier alpha value is -2.32. The van der Waals surface area contributed by atoms with Gasteiger partial charge >= 0.3 is 0 Å². The van der Waals surface area contributed by atoms with Crippen LogP contribution in [-0.2, 0) is 9.59 Å². The normalized spacial score (nSPS) is 15.5. The fraction of sp³-hybridized carbons (Fsp3) is 0.667. The van der Waals surface area contributed by atoms with E-state index in [1.807, 2.05) is 34.1 Å². The predicted molar refractivity (Wildman–Crippen MR) is 242 cm³/mol. The van der Waals surface area contributed by atoms with Crippen LogP contribution in [0, 0.1) is 11.8 Å². The highest BCUT2D eigenvalue weighted by Gasteiger charge is 2.50. The molecule has 4 heterocycles. The molecule has 0 N–H and O–H groups in total. The summed E-state index contributed by atoms with van der Waals surface area (Å²) in [4.78, 5) is 43.9.